The van der Waals surface area contributed by atoms with Crippen LogP contribution in [0.2, 0.25) is 0 Å². The number of carbonyl (C=O) groups excluding carboxylic acids is 1. The fraction of sp³-hybridized carbons (Fsp3) is 0.455. The third-order valence-corrected chi connectivity index (χ3v) is 5.28. The van der Waals surface area contributed by atoms with E-state index in [0.29, 0.717) is 19.7 Å². The Morgan fingerprint density at radius 3 is 2.46 bits per heavy atom. The number of nitrogens with two attached hydrogens (primary N) is 1. The van der Waals surface area contributed by atoms with Gasteiger partial charge in [-0.15, -0.1) is 0 Å². The van der Waals surface area contributed by atoms with E-state index in [0.717, 1.165) is 19.6 Å². The maximum Gasteiger partial charge on any atom is 0.239 e. The van der Waals surface area contributed by atoms with Gasteiger partial charge in [-0.2, -0.15) is 5.26 Å². The van der Waals surface area contributed by atoms with Crippen LogP contribution >= 0.6 is 0 Å². The zero-order valence-electron chi connectivity index (χ0n) is 16.3. The first-order valence-electron chi connectivity index (χ1n) is 9.78. The molecule has 0 unspecified atom stereocenters. The highest BCUT2D eigenvalue weighted by atomic mass is 16.5. The largest absolute Gasteiger partial charge is 0.352 e. The molecule has 0 radical (unpaired) electrons. The second-order valence-electron chi connectivity index (χ2n) is 7.36. The van der Waals surface area contributed by atoms with Crippen molar-refractivity contribution < 1.29 is 9.53 Å². The summed E-state index contributed by atoms with van der Waals surface area (Å²) in [6.07, 6.45) is 7.75. The van der Waals surface area contributed by atoms with E-state index in [4.69, 9.17) is 10.5 Å². The lowest BCUT2D eigenvalue weighted by atomic mass is 9.89. The average molecular weight is 380 g/mol. The quantitative estimate of drug-likeness (QED) is 0.759. The summed E-state index contributed by atoms with van der Waals surface area (Å²) in [6.45, 7) is 5.86. The number of ether oxygens (including phenoxy) is 1. The van der Waals surface area contributed by atoms with Gasteiger partial charge < -0.3 is 15.4 Å². The molecule has 0 bridgehead atoms. The van der Waals surface area contributed by atoms with Crippen LogP contribution in [-0.4, -0.2) is 66.7 Å². The minimum Gasteiger partial charge on any atom is -0.352 e. The predicted octanol–water partition coefficient (Wildman–Crippen LogP) is 1.67. The maximum absolute atomic E-state index is 11.9. The minimum atomic E-state index is -1.00. The van der Waals surface area contributed by atoms with Crippen LogP contribution < -0.4 is 5.73 Å². The molecule has 1 amide bonds. The molecular weight excluding hydrogens is 352 g/mol. The van der Waals surface area contributed by atoms with Gasteiger partial charge in [-0.1, -0.05) is 42.5 Å². The lowest BCUT2D eigenvalue weighted by molar-refractivity contribution is -0.134. The van der Waals surface area contributed by atoms with Gasteiger partial charge in [0.25, 0.3) is 0 Å². The van der Waals surface area contributed by atoms with E-state index in [1.807, 2.05) is 47.4 Å². The summed E-state index contributed by atoms with van der Waals surface area (Å²) in [5.74, 6) is 0.173. The van der Waals surface area contributed by atoms with Crippen LogP contribution in [0.5, 0.6) is 0 Å². The molecule has 6 heteroatoms. The molecule has 2 aliphatic rings. The molecule has 1 heterocycles. The number of piperazine rings is 1. The molecule has 0 spiro atoms. The van der Waals surface area contributed by atoms with Gasteiger partial charge in [0.05, 0.1) is 12.6 Å². The minimum absolute atomic E-state index is 0.00443. The molecule has 1 fully saturated rings. The Balaban J connectivity index is 1.46. The van der Waals surface area contributed by atoms with Crippen molar-refractivity contribution in [2.45, 2.75) is 24.5 Å². The molecule has 28 heavy (non-hydrogen) atoms. The molecule has 1 atom stereocenters. The number of nitriles is 1. The van der Waals surface area contributed by atoms with Crippen LogP contribution in [0.15, 0.2) is 54.6 Å². The van der Waals surface area contributed by atoms with Gasteiger partial charge in [0.15, 0.2) is 5.60 Å². The van der Waals surface area contributed by atoms with Gasteiger partial charge >= 0.3 is 0 Å². The van der Waals surface area contributed by atoms with Crippen molar-refractivity contribution in [1.29, 1.82) is 5.26 Å². The van der Waals surface area contributed by atoms with Crippen molar-refractivity contribution in [2.24, 2.45) is 5.73 Å². The lowest BCUT2D eigenvalue weighted by Crippen LogP contribution is -2.53. The van der Waals surface area contributed by atoms with Crippen LogP contribution in [0.25, 0.3) is 0 Å². The number of allylic oxidation sites excluding steroid dienone is 2. The summed E-state index contributed by atoms with van der Waals surface area (Å²) >= 11 is 0. The summed E-state index contributed by atoms with van der Waals surface area (Å²) in [5, 5.41) is 9.64. The number of rotatable bonds is 6. The molecule has 3 rings (SSSR count). The Labute approximate surface area is 166 Å². The summed E-state index contributed by atoms with van der Waals surface area (Å²) in [5.41, 5.74) is 5.87. The SMILES string of the molecule is C[C@@H](N)C(=O)N1CCN(CCOC2(C#N)C=CC(c3ccccc3)C=C2)CC1. The van der Waals surface area contributed by atoms with Gasteiger partial charge in [0.2, 0.25) is 5.91 Å². The van der Waals surface area contributed by atoms with E-state index in [1.54, 1.807) is 6.92 Å². The first-order valence-corrected chi connectivity index (χ1v) is 9.78. The third-order valence-electron chi connectivity index (χ3n) is 5.28. The highest BCUT2D eigenvalue weighted by Crippen LogP contribution is 2.28. The monoisotopic (exact) mass is 380 g/mol. The van der Waals surface area contributed by atoms with E-state index in [1.165, 1.54) is 5.56 Å². The van der Waals surface area contributed by atoms with Crippen LogP contribution in [0, 0.1) is 11.3 Å². The second-order valence-corrected chi connectivity index (χ2v) is 7.36. The fourth-order valence-electron chi connectivity index (χ4n) is 3.54. The normalized spacial score (nSPS) is 26.0. The van der Waals surface area contributed by atoms with Crippen molar-refractivity contribution in [3.8, 4) is 6.07 Å². The average Bonchev–Trinajstić information content (AvgIpc) is 2.75. The topological polar surface area (TPSA) is 82.6 Å². The lowest BCUT2D eigenvalue weighted by Gasteiger charge is -2.35. The molecule has 0 aromatic heterocycles. The first-order chi connectivity index (χ1) is 13.5. The van der Waals surface area contributed by atoms with Crippen molar-refractivity contribution in [2.75, 3.05) is 39.3 Å². The van der Waals surface area contributed by atoms with E-state index in [-0.39, 0.29) is 11.8 Å². The molecule has 1 aromatic rings. The molecule has 6 nitrogen and oxygen atoms in total. The molecule has 2 N–H and O–H groups in total. The van der Waals surface area contributed by atoms with Crippen molar-refractivity contribution in [3.63, 3.8) is 0 Å². The van der Waals surface area contributed by atoms with Gasteiger partial charge in [-0.3, -0.25) is 9.69 Å². The van der Waals surface area contributed by atoms with Crippen molar-refractivity contribution in [1.82, 2.24) is 9.80 Å². The van der Waals surface area contributed by atoms with E-state index < -0.39 is 11.6 Å². The molecule has 0 saturated carbocycles. The van der Waals surface area contributed by atoms with E-state index in [9.17, 15) is 10.1 Å². The Kier molecular flexibility index (Phi) is 6.63. The number of hydrogen-bond donors (Lipinski definition) is 1. The maximum atomic E-state index is 11.9. The fourth-order valence-corrected chi connectivity index (χ4v) is 3.54. The molecule has 1 aliphatic carbocycles. The Morgan fingerprint density at radius 1 is 1.25 bits per heavy atom. The van der Waals surface area contributed by atoms with Crippen LogP contribution in [0.4, 0.5) is 0 Å². The predicted molar refractivity (Wildman–Crippen MR) is 108 cm³/mol. The Bertz CT molecular complexity index is 744. The number of amides is 1. The summed E-state index contributed by atoms with van der Waals surface area (Å²) < 4.78 is 5.94. The van der Waals surface area contributed by atoms with Crippen LogP contribution in [0.1, 0.15) is 18.4 Å². The summed E-state index contributed by atoms with van der Waals surface area (Å²) in [6, 6.07) is 12.0. The molecule has 1 aromatic carbocycles. The number of benzene rings is 1. The molecular formula is C22H28N4O2. The summed E-state index contributed by atoms with van der Waals surface area (Å²) in [7, 11) is 0. The van der Waals surface area contributed by atoms with E-state index in [2.05, 4.69) is 23.1 Å². The molecule has 148 valence electrons. The standard InChI is InChI=1S/C22H28N4O2/c1-18(24)21(27)26-13-11-25(12-14-26)15-16-28-22(17-23)9-7-20(8-10-22)19-5-3-2-4-6-19/h2-10,18,20H,11-16,24H2,1H3/t18-,20?,22?/m1/s1. The first kappa shape index (κ1) is 20.3. The second kappa shape index (κ2) is 9.16. The summed E-state index contributed by atoms with van der Waals surface area (Å²) in [4.78, 5) is 16.0. The number of carbonyl (C=O) groups is 1. The van der Waals surface area contributed by atoms with Gasteiger partial charge in [0, 0.05) is 38.6 Å². The van der Waals surface area contributed by atoms with Gasteiger partial charge in [-0.05, 0) is 24.6 Å². The van der Waals surface area contributed by atoms with Gasteiger partial charge in [-0.25, -0.2) is 0 Å². The van der Waals surface area contributed by atoms with Crippen molar-refractivity contribution in [3.05, 3.63) is 60.2 Å². The van der Waals surface area contributed by atoms with Crippen LogP contribution in [0.3, 0.4) is 0 Å². The zero-order valence-corrected chi connectivity index (χ0v) is 16.3. The third kappa shape index (κ3) is 4.87. The molecule has 1 saturated heterocycles. The van der Waals surface area contributed by atoms with E-state index >= 15 is 0 Å². The zero-order chi connectivity index (χ0) is 20.0. The Morgan fingerprint density at radius 2 is 1.89 bits per heavy atom. The molecule has 1 aliphatic heterocycles. The highest BCUT2D eigenvalue weighted by molar-refractivity contribution is 5.81. The Hall–Kier alpha value is -2.46. The van der Waals surface area contributed by atoms with Crippen molar-refractivity contribution >= 4 is 5.91 Å². The smallest absolute Gasteiger partial charge is 0.239 e. The van der Waals surface area contributed by atoms with Crippen LogP contribution in [-0.2, 0) is 9.53 Å². The van der Waals surface area contributed by atoms with Gasteiger partial charge in [0.1, 0.15) is 6.07 Å². The number of nitrogens with zero attached hydrogens (tertiary/aromatic N) is 3. The number of hydrogen-bond acceptors (Lipinski definition) is 5. The highest BCUT2D eigenvalue weighted by Gasteiger charge is 2.29.